The fourth-order valence-electron chi connectivity index (χ4n) is 2.57. The van der Waals surface area contributed by atoms with Crippen molar-refractivity contribution in [3.8, 4) is 0 Å². The van der Waals surface area contributed by atoms with Crippen LogP contribution in [0.1, 0.15) is 37.0 Å². The molecule has 1 aromatic carbocycles. The van der Waals surface area contributed by atoms with E-state index in [9.17, 15) is 4.79 Å². The maximum Gasteiger partial charge on any atom is 0.255 e. The zero-order valence-corrected chi connectivity index (χ0v) is 14.2. The molecule has 2 atom stereocenters. The molecule has 0 bridgehead atoms. The molecule has 1 fully saturated rings. The van der Waals surface area contributed by atoms with E-state index in [0.29, 0.717) is 16.6 Å². The van der Waals surface area contributed by atoms with E-state index in [0.717, 1.165) is 30.4 Å². The largest absolute Gasteiger partial charge is 0.333 e. The Kier molecular flexibility index (Phi) is 5.47. The molecule has 0 aromatic heterocycles. The molecule has 1 aliphatic rings. The molecule has 3 nitrogen and oxygen atoms in total. The minimum atomic E-state index is 0.0364. The molecule has 20 heavy (non-hydrogen) atoms. The van der Waals surface area contributed by atoms with Gasteiger partial charge in [0.1, 0.15) is 0 Å². The molecule has 0 radical (unpaired) electrons. The molecule has 2 rings (SSSR count). The number of carbonyl (C=O) groups excluding carboxylic acids is 1. The van der Waals surface area contributed by atoms with Gasteiger partial charge in [0.2, 0.25) is 0 Å². The Labute approximate surface area is 133 Å². The molecular formula is C15H20BrClN2O. The Morgan fingerprint density at radius 3 is 2.80 bits per heavy atom. The average Bonchev–Trinajstić information content (AvgIpc) is 2.46. The van der Waals surface area contributed by atoms with Crippen molar-refractivity contribution in [3.05, 3.63) is 33.3 Å². The predicted octanol–water partition coefficient (Wildman–Crippen LogP) is 3.71. The molecule has 1 saturated heterocycles. The van der Waals surface area contributed by atoms with E-state index in [1.54, 1.807) is 12.1 Å². The number of carbonyl (C=O) groups is 1. The zero-order valence-electron chi connectivity index (χ0n) is 11.8. The van der Waals surface area contributed by atoms with Crippen LogP contribution in [-0.2, 0) is 0 Å². The van der Waals surface area contributed by atoms with Gasteiger partial charge in [-0.25, -0.2) is 0 Å². The van der Waals surface area contributed by atoms with Crippen molar-refractivity contribution in [1.82, 2.24) is 10.2 Å². The topological polar surface area (TPSA) is 32.3 Å². The number of benzene rings is 1. The predicted molar refractivity (Wildman–Crippen MR) is 86.3 cm³/mol. The summed E-state index contributed by atoms with van der Waals surface area (Å²) in [6, 6.07) is 6.04. The van der Waals surface area contributed by atoms with Gasteiger partial charge in [-0.15, -0.1) is 0 Å². The van der Waals surface area contributed by atoms with Gasteiger partial charge in [-0.05, 0) is 31.0 Å². The van der Waals surface area contributed by atoms with E-state index in [4.69, 9.17) is 11.6 Å². The number of nitrogens with zero attached hydrogens (tertiary/aromatic N) is 1. The van der Waals surface area contributed by atoms with E-state index in [1.165, 1.54) is 0 Å². The van der Waals surface area contributed by atoms with Crippen molar-refractivity contribution in [2.24, 2.45) is 0 Å². The van der Waals surface area contributed by atoms with E-state index >= 15 is 0 Å². The highest BCUT2D eigenvalue weighted by atomic mass is 79.9. The summed E-state index contributed by atoms with van der Waals surface area (Å²) in [4.78, 5) is 14.7. The maximum absolute atomic E-state index is 12.8. The molecule has 110 valence electrons. The Morgan fingerprint density at radius 2 is 2.20 bits per heavy atom. The van der Waals surface area contributed by atoms with Crippen molar-refractivity contribution >= 4 is 33.4 Å². The van der Waals surface area contributed by atoms with E-state index in [2.05, 4.69) is 35.1 Å². The highest BCUT2D eigenvalue weighted by Crippen LogP contribution is 2.24. The minimum Gasteiger partial charge on any atom is -0.333 e. The van der Waals surface area contributed by atoms with Crippen molar-refractivity contribution in [1.29, 1.82) is 0 Å². The van der Waals surface area contributed by atoms with Crippen LogP contribution in [0.2, 0.25) is 5.02 Å². The normalized spacial score (nSPS) is 22.9. The summed E-state index contributed by atoms with van der Waals surface area (Å²) < 4.78 is 0.887. The van der Waals surface area contributed by atoms with Crippen LogP contribution < -0.4 is 5.32 Å². The zero-order chi connectivity index (χ0) is 14.7. The second-order valence-corrected chi connectivity index (χ2v) is 6.48. The van der Waals surface area contributed by atoms with Gasteiger partial charge >= 0.3 is 0 Å². The summed E-state index contributed by atoms with van der Waals surface area (Å²) in [5.41, 5.74) is 0.588. The number of piperazine rings is 1. The number of halogens is 2. The molecule has 0 aliphatic carbocycles. The third-order valence-corrected chi connectivity index (χ3v) is 4.69. The Hall–Kier alpha value is -0.580. The van der Waals surface area contributed by atoms with Crippen LogP contribution >= 0.6 is 27.5 Å². The molecule has 2 unspecified atom stereocenters. The smallest absolute Gasteiger partial charge is 0.255 e. The first-order chi connectivity index (χ1) is 9.56. The standard InChI is InChI=1S/C15H20BrClN2O/c1-3-11-9-19(12(4-2)8-18-11)15(20)13-6-5-10(16)7-14(13)17/h5-7,11-12,18H,3-4,8-9H2,1-2H3. The van der Waals surface area contributed by atoms with Crippen LogP contribution in [0.25, 0.3) is 0 Å². The van der Waals surface area contributed by atoms with Crippen LogP contribution in [0.15, 0.2) is 22.7 Å². The molecule has 1 aromatic rings. The molecule has 1 amide bonds. The summed E-state index contributed by atoms with van der Waals surface area (Å²) in [6.07, 6.45) is 1.97. The van der Waals surface area contributed by atoms with Crippen LogP contribution in [0.5, 0.6) is 0 Å². The lowest BCUT2D eigenvalue weighted by molar-refractivity contribution is 0.0576. The molecule has 1 heterocycles. The summed E-state index contributed by atoms with van der Waals surface area (Å²) in [7, 11) is 0. The number of rotatable bonds is 3. The van der Waals surface area contributed by atoms with Gasteiger partial charge in [0.15, 0.2) is 0 Å². The Morgan fingerprint density at radius 1 is 1.45 bits per heavy atom. The third kappa shape index (κ3) is 3.35. The molecule has 1 aliphatic heterocycles. The second kappa shape index (κ2) is 6.92. The van der Waals surface area contributed by atoms with Crippen molar-refractivity contribution in [3.63, 3.8) is 0 Å². The average molecular weight is 360 g/mol. The monoisotopic (exact) mass is 358 g/mol. The molecule has 1 N–H and O–H groups in total. The fourth-order valence-corrected chi connectivity index (χ4v) is 3.32. The number of amides is 1. The summed E-state index contributed by atoms with van der Waals surface area (Å²) >= 11 is 9.58. The first-order valence-electron chi connectivity index (χ1n) is 7.06. The fraction of sp³-hybridized carbons (Fsp3) is 0.533. The van der Waals surface area contributed by atoms with Gasteiger partial charge in [0.05, 0.1) is 10.6 Å². The van der Waals surface area contributed by atoms with E-state index in [1.807, 2.05) is 11.0 Å². The van der Waals surface area contributed by atoms with E-state index in [-0.39, 0.29) is 11.9 Å². The highest BCUT2D eigenvalue weighted by Gasteiger charge is 2.30. The molecule has 0 spiro atoms. The summed E-state index contributed by atoms with van der Waals surface area (Å²) in [5.74, 6) is 0.0364. The Balaban J connectivity index is 2.24. The minimum absolute atomic E-state index is 0.0364. The van der Waals surface area contributed by atoms with Gasteiger partial charge in [0.25, 0.3) is 5.91 Å². The molecule has 0 saturated carbocycles. The lowest BCUT2D eigenvalue weighted by Crippen LogP contribution is -2.57. The summed E-state index contributed by atoms with van der Waals surface area (Å²) in [5, 5.41) is 4.00. The van der Waals surface area contributed by atoms with Gasteiger partial charge in [-0.1, -0.05) is 41.4 Å². The van der Waals surface area contributed by atoms with Gasteiger partial charge in [0, 0.05) is 29.6 Å². The van der Waals surface area contributed by atoms with Crippen molar-refractivity contribution < 1.29 is 4.79 Å². The lowest BCUT2D eigenvalue weighted by Gasteiger charge is -2.40. The van der Waals surface area contributed by atoms with Crippen molar-refractivity contribution in [2.45, 2.75) is 38.8 Å². The van der Waals surface area contributed by atoms with Crippen LogP contribution in [0, 0.1) is 0 Å². The van der Waals surface area contributed by atoms with Crippen LogP contribution in [0.4, 0.5) is 0 Å². The van der Waals surface area contributed by atoms with E-state index < -0.39 is 0 Å². The third-order valence-electron chi connectivity index (χ3n) is 3.89. The van der Waals surface area contributed by atoms with Gasteiger partial charge in [-0.2, -0.15) is 0 Å². The van der Waals surface area contributed by atoms with Gasteiger partial charge < -0.3 is 10.2 Å². The number of nitrogens with one attached hydrogen (secondary N) is 1. The molecular weight excluding hydrogens is 340 g/mol. The summed E-state index contributed by atoms with van der Waals surface area (Å²) in [6.45, 7) is 5.86. The Bertz CT molecular complexity index is 495. The SMILES string of the molecule is CCC1CN(C(=O)c2ccc(Br)cc2Cl)C(CC)CN1. The first kappa shape index (κ1) is 15.8. The second-order valence-electron chi connectivity index (χ2n) is 5.16. The van der Waals surface area contributed by atoms with Gasteiger partial charge in [-0.3, -0.25) is 4.79 Å². The maximum atomic E-state index is 12.8. The van der Waals surface area contributed by atoms with Crippen LogP contribution in [0.3, 0.4) is 0 Å². The number of hydrogen-bond donors (Lipinski definition) is 1. The quantitative estimate of drug-likeness (QED) is 0.892. The van der Waals surface area contributed by atoms with Crippen LogP contribution in [-0.4, -0.2) is 36.0 Å². The number of hydrogen-bond acceptors (Lipinski definition) is 2. The van der Waals surface area contributed by atoms with Crippen molar-refractivity contribution in [2.75, 3.05) is 13.1 Å². The highest BCUT2D eigenvalue weighted by molar-refractivity contribution is 9.10. The first-order valence-corrected chi connectivity index (χ1v) is 8.23. The molecule has 5 heteroatoms. The lowest BCUT2D eigenvalue weighted by atomic mass is 10.0.